The van der Waals surface area contributed by atoms with Crippen LogP contribution in [0.1, 0.15) is 75.2 Å². The second-order valence-corrected chi connectivity index (χ2v) is 7.86. The molecule has 1 aromatic rings. The van der Waals surface area contributed by atoms with Crippen molar-refractivity contribution in [3.8, 4) is 0 Å². The minimum absolute atomic E-state index is 0.0327. The molecule has 1 N–H and O–H groups in total. The molecule has 0 aromatic carbocycles. The molecule has 2 amide bonds. The van der Waals surface area contributed by atoms with Crippen molar-refractivity contribution < 1.29 is 9.59 Å². The number of amides is 2. The Morgan fingerprint density at radius 3 is 2.68 bits per heavy atom. The van der Waals surface area contributed by atoms with Gasteiger partial charge in [-0.15, -0.1) is 0 Å². The predicted molar refractivity (Wildman–Crippen MR) is 93.9 cm³/mol. The van der Waals surface area contributed by atoms with Crippen LogP contribution in [-0.4, -0.2) is 39.6 Å². The van der Waals surface area contributed by atoms with Crippen LogP contribution in [0.4, 0.5) is 0 Å². The first-order valence-corrected chi connectivity index (χ1v) is 9.75. The highest BCUT2D eigenvalue weighted by Crippen LogP contribution is 2.34. The van der Waals surface area contributed by atoms with Crippen molar-refractivity contribution in [3.63, 3.8) is 0 Å². The van der Waals surface area contributed by atoms with Crippen molar-refractivity contribution in [1.29, 1.82) is 0 Å². The molecule has 6 nitrogen and oxygen atoms in total. The topological polar surface area (TPSA) is 67.2 Å². The van der Waals surface area contributed by atoms with Gasteiger partial charge in [0, 0.05) is 26.2 Å². The lowest BCUT2D eigenvalue weighted by molar-refractivity contribution is -0.128. The SMILES string of the molecule is CC(=O)N1CCC(C(=O)NC2CCCc3cn(C4CCCC4)nc32)C1. The summed E-state index contributed by atoms with van der Waals surface area (Å²) in [6.07, 6.45) is 11.1. The molecule has 1 saturated carbocycles. The zero-order valence-corrected chi connectivity index (χ0v) is 15.0. The van der Waals surface area contributed by atoms with Gasteiger partial charge < -0.3 is 10.2 Å². The number of likely N-dealkylation sites (tertiary alicyclic amines) is 1. The number of hydrogen-bond donors (Lipinski definition) is 1. The van der Waals surface area contributed by atoms with E-state index in [1.54, 1.807) is 11.8 Å². The maximum absolute atomic E-state index is 12.7. The number of fused-ring (bicyclic) bond motifs is 1. The summed E-state index contributed by atoms with van der Waals surface area (Å²) in [4.78, 5) is 25.9. The van der Waals surface area contributed by atoms with Crippen molar-refractivity contribution in [2.45, 2.75) is 70.4 Å². The first-order chi connectivity index (χ1) is 12.1. The van der Waals surface area contributed by atoms with Gasteiger partial charge in [0.1, 0.15) is 0 Å². The molecule has 4 rings (SSSR count). The van der Waals surface area contributed by atoms with Gasteiger partial charge in [0.05, 0.1) is 23.7 Å². The summed E-state index contributed by atoms with van der Waals surface area (Å²) in [7, 11) is 0. The van der Waals surface area contributed by atoms with Gasteiger partial charge in [-0.2, -0.15) is 5.10 Å². The van der Waals surface area contributed by atoms with Crippen LogP contribution in [0.15, 0.2) is 6.20 Å². The number of aryl methyl sites for hydroxylation is 1. The van der Waals surface area contributed by atoms with Crippen molar-refractivity contribution in [2.24, 2.45) is 5.92 Å². The molecule has 1 aromatic heterocycles. The van der Waals surface area contributed by atoms with Gasteiger partial charge in [-0.25, -0.2) is 0 Å². The molecular formula is C19H28N4O2. The van der Waals surface area contributed by atoms with Crippen LogP contribution in [-0.2, 0) is 16.0 Å². The fraction of sp³-hybridized carbons (Fsp3) is 0.737. The Morgan fingerprint density at radius 2 is 1.96 bits per heavy atom. The number of carbonyl (C=O) groups is 2. The van der Waals surface area contributed by atoms with E-state index in [-0.39, 0.29) is 23.8 Å². The maximum atomic E-state index is 12.7. The van der Waals surface area contributed by atoms with E-state index < -0.39 is 0 Å². The molecule has 2 unspecified atom stereocenters. The first kappa shape index (κ1) is 16.6. The summed E-state index contributed by atoms with van der Waals surface area (Å²) < 4.78 is 2.16. The van der Waals surface area contributed by atoms with Gasteiger partial charge in [-0.05, 0) is 44.1 Å². The summed E-state index contributed by atoms with van der Waals surface area (Å²) in [5, 5.41) is 8.10. The molecular weight excluding hydrogens is 316 g/mol. The van der Waals surface area contributed by atoms with E-state index in [0.29, 0.717) is 19.1 Å². The van der Waals surface area contributed by atoms with Gasteiger partial charge in [-0.3, -0.25) is 14.3 Å². The second kappa shape index (κ2) is 6.81. The molecule has 0 spiro atoms. The Kier molecular flexibility index (Phi) is 4.52. The standard InChI is InChI=1S/C19H28N4O2/c1-13(24)22-10-9-15(11-22)19(25)20-17-8-4-5-14-12-23(21-18(14)17)16-6-2-3-7-16/h12,15-17H,2-11H2,1H3,(H,20,25). The third kappa shape index (κ3) is 3.31. The quantitative estimate of drug-likeness (QED) is 0.915. The van der Waals surface area contributed by atoms with Crippen molar-refractivity contribution in [3.05, 3.63) is 17.5 Å². The monoisotopic (exact) mass is 344 g/mol. The summed E-state index contributed by atoms with van der Waals surface area (Å²) in [5.74, 6) is 0.0637. The summed E-state index contributed by atoms with van der Waals surface area (Å²) in [6, 6.07) is 0.575. The Hall–Kier alpha value is -1.85. The molecule has 6 heteroatoms. The highest BCUT2D eigenvalue weighted by atomic mass is 16.2. The third-order valence-corrected chi connectivity index (χ3v) is 6.13. The van der Waals surface area contributed by atoms with E-state index >= 15 is 0 Å². The lowest BCUT2D eigenvalue weighted by Crippen LogP contribution is -2.37. The smallest absolute Gasteiger partial charge is 0.225 e. The molecule has 1 saturated heterocycles. The Morgan fingerprint density at radius 1 is 1.16 bits per heavy atom. The van der Waals surface area contributed by atoms with Crippen LogP contribution < -0.4 is 5.32 Å². The average Bonchev–Trinajstić information content (AvgIpc) is 3.33. The van der Waals surface area contributed by atoms with Crippen LogP contribution in [0, 0.1) is 5.92 Å². The van der Waals surface area contributed by atoms with Crippen molar-refractivity contribution in [1.82, 2.24) is 20.0 Å². The van der Waals surface area contributed by atoms with E-state index in [2.05, 4.69) is 16.2 Å². The molecule has 3 aliphatic rings. The van der Waals surface area contributed by atoms with Gasteiger partial charge in [0.25, 0.3) is 0 Å². The number of nitrogens with one attached hydrogen (secondary N) is 1. The minimum Gasteiger partial charge on any atom is -0.347 e. The van der Waals surface area contributed by atoms with E-state index in [1.807, 2.05) is 0 Å². The van der Waals surface area contributed by atoms with E-state index in [1.165, 1.54) is 31.2 Å². The molecule has 2 heterocycles. The van der Waals surface area contributed by atoms with Crippen LogP contribution in [0.25, 0.3) is 0 Å². The van der Waals surface area contributed by atoms with Crippen LogP contribution in [0.3, 0.4) is 0 Å². The lowest BCUT2D eigenvalue weighted by atomic mass is 9.93. The van der Waals surface area contributed by atoms with Crippen LogP contribution >= 0.6 is 0 Å². The molecule has 1 aliphatic heterocycles. The van der Waals surface area contributed by atoms with E-state index in [9.17, 15) is 9.59 Å². The third-order valence-electron chi connectivity index (χ3n) is 6.13. The molecule has 0 bridgehead atoms. The number of aromatic nitrogens is 2. The van der Waals surface area contributed by atoms with E-state index in [0.717, 1.165) is 31.4 Å². The highest BCUT2D eigenvalue weighted by molar-refractivity contribution is 5.81. The van der Waals surface area contributed by atoms with E-state index in [4.69, 9.17) is 5.10 Å². The summed E-state index contributed by atoms with van der Waals surface area (Å²) in [5.41, 5.74) is 2.38. The van der Waals surface area contributed by atoms with Crippen LogP contribution in [0.5, 0.6) is 0 Å². The molecule has 0 radical (unpaired) electrons. The maximum Gasteiger partial charge on any atom is 0.225 e. The number of hydrogen-bond acceptors (Lipinski definition) is 3. The van der Waals surface area contributed by atoms with Crippen molar-refractivity contribution >= 4 is 11.8 Å². The number of rotatable bonds is 3. The normalized spacial score (nSPS) is 26.7. The molecule has 2 fully saturated rings. The zero-order chi connectivity index (χ0) is 17.4. The molecule has 136 valence electrons. The minimum atomic E-state index is -0.0776. The number of carbonyl (C=O) groups excluding carboxylic acids is 2. The summed E-state index contributed by atoms with van der Waals surface area (Å²) >= 11 is 0. The Bertz CT molecular complexity index is 662. The predicted octanol–water partition coefficient (Wildman–Crippen LogP) is 2.36. The lowest BCUT2D eigenvalue weighted by Gasteiger charge is -2.24. The largest absolute Gasteiger partial charge is 0.347 e. The molecule has 2 atom stereocenters. The fourth-order valence-electron chi connectivity index (χ4n) is 4.61. The highest BCUT2D eigenvalue weighted by Gasteiger charge is 2.33. The van der Waals surface area contributed by atoms with Crippen LogP contribution in [0.2, 0.25) is 0 Å². The Labute approximate surface area is 148 Å². The molecule has 25 heavy (non-hydrogen) atoms. The first-order valence-electron chi connectivity index (χ1n) is 9.75. The van der Waals surface area contributed by atoms with Gasteiger partial charge in [0.15, 0.2) is 0 Å². The Balaban J connectivity index is 1.44. The average molecular weight is 344 g/mol. The van der Waals surface area contributed by atoms with Crippen molar-refractivity contribution in [2.75, 3.05) is 13.1 Å². The zero-order valence-electron chi connectivity index (χ0n) is 15.0. The van der Waals surface area contributed by atoms with Gasteiger partial charge in [0.2, 0.25) is 11.8 Å². The summed E-state index contributed by atoms with van der Waals surface area (Å²) in [6.45, 7) is 2.82. The number of nitrogens with zero attached hydrogens (tertiary/aromatic N) is 3. The van der Waals surface area contributed by atoms with Gasteiger partial charge >= 0.3 is 0 Å². The van der Waals surface area contributed by atoms with Gasteiger partial charge in [-0.1, -0.05) is 12.8 Å². The fourth-order valence-corrected chi connectivity index (χ4v) is 4.61. The molecule has 2 aliphatic carbocycles. The second-order valence-electron chi connectivity index (χ2n) is 7.86.